The highest BCUT2D eigenvalue weighted by Crippen LogP contribution is 2.25. The highest BCUT2D eigenvalue weighted by molar-refractivity contribution is 6.32. The lowest BCUT2D eigenvalue weighted by molar-refractivity contribution is 0.0734. The summed E-state index contributed by atoms with van der Waals surface area (Å²) in [5, 5.41) is 10.00. The molecule has 0 amide bonds. The number of benzene rings is 1. The van der Waals surface area contributed by atoms with Crippen LogP contribution in [0, 0.1) is 0 Å². The van der Waals surface area contributed by atoms with Crippen molar-refractivity contribution >= 4 is 11.6 Å². The molecule has 0 radical (unpaired) electrons. The maximum absolute atomic E-state index is 9.45. The predicted octanol–water partition coefficient (Wildman–Crippen LogP) is 1.48. The molecule has 76 valence electrons. The Morgan fingerprint density at radius 3 is 2.79 bits per heavy atom. The van der Waals surface area contributed by atoms with Gasteiger partial charge in [0.1, 0.15) is 18.0 Å². The van der Waals surface area contributed by atoms with Crippen LogP contribution in [0.1, 0.15) is 0 Å². The number of hydrogen-bond donors (Lipinski definition) is 1. The summed E-state index contributed by atoms with van der Waals surface area (Å²) in [7, 11) is 0. The molecule has 2 rings (SSSR count). The van der Waals surface area contributed by atoms with E-state index in [0.717, 1.165) is 0 Å². The molecule has 0 aliphatic carbocycles. The molecule has 1 aromatic rings. The Bertz CT molecular complexity index is 316. The van der Waals surface area contributed by atoms with E-state index in [9.17, 15) is 5.11 Å². The molecule has 4 heteroatoms. The second-order valence-corrected chi connectivity index (χ2v) is 3.60. The molecule has 1 aliphatic heterocycles. The second kappa shape index (κ2) is 4.17. The fourth-order valence-corrected chi connectivity index (χ4v) is 1.52. The summed E-state index contributed by atoms with van der Waals surface area (Å²) in [4.78, 5) is 0. The Balaban J connectivity index is 2.07. The van der Waals surface area contributed by atoms with Crippen LogP contribution < -0.4 is 4.74 Å². The Hall–Kier alpha value is -0.770. The van der Waals surface area contributed by atoms with Crippen molar-refractivity contribution in [1.29, 1.82) is 0 Å². The SMILES string of the molecule is O[C@H]1COC[C@@H]1Oc1ccccc1Cl. The average molecular weight is 215 g/mol. The zero-order chi connectivity index (χ0) is 9.97. The molecule has 1 aliphatic rings. The Morgan fingerprint density at radius 1 is 1.36 bits per heavy atom. The smallest absolute Gasteiger partial charge is 0.150 e. The highest BCUT2D eigenvalue weighted by atomic mass is 35.5. The number of halogens is 1. The van der Waals surface area contributed by atoms with Crippen LogP contribution in [0.2, 0.25) is 5.02 Å². The predicted molar refractivity (Wildman–Crippen MR) is 52.7 cm³/mol. The van der Waals surface area contributed by atoms with Gasteiger partial charge in [0.15, 0.2) is 0 Å². The molecular weight excluding hydrogens is 204 g/mol. The lowest BCUT2D eigenvalue weighted by atomic mass is 10.2. The molecule has 0 spiro atoms. The Kier molecular flexibility index (Phi) is 2.91. The Labute approximate surface area is 87.2 Å². The van der Waals surface area contributed by atoms with E-state index in [1.807, 2.05) is 12.1 Å². The molecule has 14 heavy (non-hydrogen) atoms. The van der Waals surface area contributed by atoms with E-state index in [1.54, 1.807) is 12.1 Å². The normalized spacial score (nSPS) is 26.4. The van der Waals surface area contributed by atoms with Crippen molar-refractivity contribution in [2.45, 2.75) is 12.2 Å². The van der Waals surface area contributed by atoms with Gasteiger partial charge in [-0.1, -0.05) is 23.7 Å². The number of aliphatic hydroxyl groups is 1. The fraction of sp³-hybridized carbons (Fsp3) is 0.400. The van der Waals surface area contributed by atoms with Crippen LogP contribution in [0.3, 0.4) is 0 Å². The van der Waals surface area contributed by atoms with Crippen molar-refractivity contribution in [2.24, 2.45) is 0 Å². The van der Waals surface area contributed by atoms with Gasteiger partial charge >= 0.3 is 0 Å². The number of ether oxygens (including phenoxy) is 2. The Morgan fingerprint density at radius 2 is 2.14 bits per heavy atom. The van der Waals surface area contributed by atoms with Gasteiger partial charge in [0, 0.05) is 0 Å². The lowest BCUT2D eigenvalue weighted by Gasteiger charge is -2.15. The molecule has 1 saturated heterocycles. The van der Waals surface area contributed by atoms with Crippen molar-refractivity contribution < 1.29 is 14.6 Å². The van der Waals surface area contributed by atoms with Gasteiger partial charge in [0.2, 0.25) is 0 Å². The number of para-hydroxylation sites is 1. The first kappa shape index (κ1) is 9.77. The van der Waals surface area contributed by atoms with E-state index >= 15 is 0 Å². The number of rotatable bonds is 2. The van der Waals surface area contributed by atoms with Crippen molar-refractivity contribution in [1.82, 2.24) is 0 Å². The molecule has 3 nitrogen and oxygen atoms in total. The van der Waals surface area contributed by atoms with Crippen molar-refractivity contribution in [3.63, 3.8) is 0 Å². The topological polar surface area (TPSA) is 38.7 Å². The lowest BCUT2D eigenvalue weighted by Crippen LogP contribution is -2.29. The van der Waals surface area contributed by atoms with Crippen LogP contribution in [-0.4, -0.2) is 30.5 Å². The maximum atomic E-state index is 9.45. The number of hydrogen-bond acceptors (Lipinski definition) is 3. The summed E-state index contributed by atoms with van der Waals surface area (Å²) < 4.78 is 10.6. The first-order valence-electron chi connectivity index (χ1n) is 4.44. The van der Waals surface area contributed by atoms with Crippen LogP contribution in [-0.2, 0) is 4.74 Å². The van der Waals surface area contributed by atoms with E-state index in [2.05, 4.69) is 0 Å². The summed E-state index contributed by atoms with van der Waals surface area (Å²) in [6, 6.07) is 7.19. The summed E-state index contributed by atoms with van der Waals surface area (Å²) in [5.41, 5.74) is 0. The van der Waals surface area contributed by atoms with Gasteiger partial charge < -0.3 is 14.6 Å². The van der Waals surface area contributed by atoms with Gasteiger partial charge in [0.05, 0.1) is 18.2 Å². The van der Waals surface area contributed by atoms with E-state index in [1.165, 1.54) is 0 Å². The zero-order valence-corrected chi connectivity index (χ0v) is 8.28. The zero-order valence-electron chi connectivity index (χ0n) is 7.52. The van der Waals surface area contributed by atoms with E-state index in [0.29, 0.717) is 24.0 Å². The second-order valence-electron chi connectivity index (χ2n) is 3.19. The molecule has 0 aromatic heterocycles. The summed E-state index contributed by atoms with van der Waals surface area (Å²) in [5.74, 6) is 0.587. The van der Waals surface area contributed by atoms with E-state index in [4.69, 9.17) is 21.1 Å². The molecule has 1 aromatic carbocycles. The van der Waals surface area contributed by atoms with Crippen LogP contribution in [0.4, 0.5) is 0 Å². The molecule has 0 unspecified atom stereocenters. The first-order chi connectivity index (χ1) is 6.77. The minimum Gasteiger partial charge on any atom is -0.484 e. The summed E-state index contributed by atoms with van der Waals surface area (Å²) in [6.45, 7) is 0.738. The molecule has 0 saturated carbocycles. The van der Waals surface area contributed by atoms with Gasteiger partial charge in [-0.3, -0.25) is 0 Å². The van der Waals surface area contributed by atoms with Gasteiger partial charge in [-0.15, -0.1) is 0 Å². The number of aliphatic hydroxyl groups excluding tert-OH is 1. The summed E-state index contributed by atoms with van der Waals surface area (Å²) >= 11 is 5.90. The maximum Gasteiger partial charge on any atom is 0.150 e. The van der Waals surface area contributed by atoms with Crippen molar-refractivity contribution in [3.8, 4) is 5.75 Å². The monoisotopic (exact) mass is 214 g/mol. The minimum absolute atomic E-state index is 0.310. The quantitative estimate of drug-likeness (QED) is 0.811. The summed E-state index contributed by atoms with van der Waals surface area (Å²) in [6.07, 6.45) is -0.874. The minimum atomic E-state index is -0.564. The molecule has 0 bridgehead atoms. The third-order valence-electron chi connectivity index (χ3n) is 2.11. The first-order valence-corrected chi connectivity index (χ1v) is 4.82. The molecule has 2 atom stereocenters. The van der Waals surface area contributed by atoms with Crippen LogP contribution in [0.5, 0.6) is 5.75 Å². The van der Waals surface area contributed by atoms with Crippen molar-refractivity contribution in [3.05, 3.63) is 29.3 Å². The standard InChI is InChI=1S/C10H11ClO3/c11-7-3-1-2-4-9(7)14-10-6-13-5-8(10)12/h1-4,8,10,12H,5-6H2/t8-,10-/m0/s1. The molecule has 1 heterocycles. The molecule has 1 N–H and O–H groups in total. The highest BCUT2D eigenvalue weighted by Gasteiger charge is 2.28. The fourth-order valence-electron chi connectivity index (χ4n) is 1.34. The van der Waals surface area contributed by atoms with Gasteiger partial charge in [0.25, 0.3) is 0 Å². The van der Waals surface area contributed by atoms with Gasteiger partial charge in [-0.25, -0.2) is 0 Å². The van der Waals surface area contributed by atoms with Crippen LogP contribution >= 0.6 is 11.6 Å². The molecule has 1 fully saturated rings. The van der Waals surface area contributed by atoms with Crippen molar-refractivity contribution in [2.75, 3.05) is 13.2 Å². The third-order valence-corrected chi connectivity index (χ3v) is 2.43. The van der Waals surface area contributed by atoms with Crippen LogP contribution in [0.25, 0.3) is 0 Å². The largest absolute Gasteiger partial charge is 0.484 e. The third kappa shape index (κ3) is 2.00. The van der Waals surface area contributed by atoms with Gasteiger partial charge in [-0.2, -0.15) is 0 Å². The van der Waals surface area contributed by atoms with Crippen LogP contribution in [0.15, 0.2) is 24.3 Å². The molecular formula is C10H11ClO3. The van der Waals surface area contributed by atoms with E-state index in [-0.39, 0.29) is 6.10 Å². The average Bonchev–Trinajstić information content (AvgIpc) is 2.56. The van der Waals surface area contributed by atoms with Gasteiger partial charge in [-0.05, 0) is 12.1 Å². The van der Waals surface area contributed by atoms with E-state index < -0.39 is 6.10 Å².